The summed E-state index contributed by atoms with van der Waals surface area (Å²) in [4.78, 5) is 6.99. The smallest absolute Gasteiger partial charge is 0.217 e. The van der Waals surface area contributed by atoms with Gasteiger partial charge in [0.15, 0.2) is 0 Å². The molecule has 0 atom stereocenters. The van der Waals surface area contributed by atoms with Gasteiger partial charge in [-0.2, -0.15) is 0 Å². The molecule has 0 aliphatic rings. The lowest BCUT2D eigenvalue weighted by Crippen LogP contribution is -2.12. The summed E-state index contributed by atoms with van der Waals surface area (Å²) in [5, 5.41) is 3.42. The van der Waals surface area contributed by atoms with Crippen LogP contribution in [0.1, 0.15) is 22.2 Å². The van der Waals surface area contributed by atoms with E-state index in [1.165, 1.54) is 9.75 Å². The van der Waals surface area contributed by atoms with E-state index in [2.05, 4.69) is 29.4 Å². The normalized spacial score (nSPS) is 10.6. The molecule has 2 heterocycles. The molecular weight excluding hydrogens is 244 g/mol. The number of hydrogen-bond acceptors (Lipinski definition) is 4. The molecule has 18 heavy (non-hydrogen) atoms. The summed E-state index contributed by atoms with van der Waals surface area (Å²) in [7, 11) is 1.65. The van der Waals surface area contributed by atoms with Crippen molar-refractivity contribution in [1.29, 1.82) is 0 Å². The first kappa shape index (κ1) is 13.1. The second-order valence-corrected chi connectivity index (χ2v) is 5.25. The monoisotopic (exact) mass is 262 g/mol. The van der Waals surface area contributed by atoms with E-state index in [1.54, 1.807) is 13.3 Å². The van der Waals surface area contributed by atoms with E-state index in [9.17, 15) is 0 Å². The Hall–Kier alpha value is -1.39. The summed E-state index contributed by atoms with van der Waals surface area (Å²) in [6.45, 7) is 3.85. The van der Waals surface area contributed by atoms with Crippen molar-refractivity contribution in [2.75, 3.05) is 7.11 Å². The zero-order valence-corrected chi connectivity index (χ0v) is 11.6. The van der Waals surface area contributed by atoms with E-state index in [0.29, 0.717) is 5.88 Å². The van der Waals surface area contributed by atoms with Gasteiger partial charge in [-0.3, -0.25) is 0 Å². The van der Waals surface area contributed by atoms with Crippen molar-refractivity contribution in [3.8, 4) is 5.88 Å². The minimum Gasteiger partial charge on any atom is -0.481 e. The van der Waals surface area contributed by atoms with Crippen LogP contribution in [0.25, 0.3) is 0 Å². The van der Waals surface area contributed by atoms with Crippen LogP contribution in [0.3, 0.4) is 0 Å². The van der Waals surface area contributed by atoms with Gasteiger partial charge >= 0.3 is 0 Å². The number of nitrogens with one attached hydrogen (secondary N) is 1. The standard InChI is InChI=1S/C14H18N2OS/c1-3-12-6-7-13(18-12)10-15-9-11-5-4-8-16-14(11)17-2/h4-8,15H,3,9-10H2,1-2H3. The highest BCUT2D eigenvalue weighted by atomic mass is 32.1. The number of ether oxygens (including phenoxy) is 1. The minimum absolute atomic E-state index is 0.699. The number of nitrogens with zero attached hydrogens (tertiary/aromatic N) is 1. The highest BCUT2D eigenvalue weighted by Gasteiger charge is 2.03. The largest absolute Gasteiger partial charge is 0.481 e. The lowest BCUT2D eigenvalue weighted by Gasteiger charge is -2.07. The average molecular weight is 262 g/mol. The molecule has 0 amide bonds. The maximum atomic E-state index is 5.22. The zero-order valence-electron chi connectivity index (χ0n) is 10.8. The Kier molecular flexibility index (Phi) is 4.73. The van der Waals surface area contributed by atoms with Gasteiger partial charge in [0.2, 0.25) is 5.88 Å². The van der Waals surface area contributed by atoms with Crippen molar-refractivity contribution in [2.45, 2.75) is 26.4 Å². The Labute approximate surface area is 112 Å². The Bertz CT molecular complexity index is 496. The Morgan fingerprint density at radius 3 is 2.78 bits per heavy atom. The summed E-state index contributed by atoms with van der Waals surface area (Å²) in [6, 6.07) is 8.36. The molecule has 2 rings (SSSR count). The molecular formula is C14H18N2OS. The molecule has 3 nitrogen and oxygen atoms in total. The zero-order chi connectivity index (χ0) is 12.8. The van der Waals surface area contributed by atoms with E-state index in [0.717, 1.165) is 25.1 Å². The molecule has 2 aromatic heterocycles. The van der Waals surface area contributed by atoms with Crippen LogP contribution >= 0.6 is 11.3 Å². The fourth-order valence-corrected chi connectivity index (χ4v) is 2.70. The van der Waals surface area contributed by atoms with Crippen molar-refractivity contribution in [2.24, 2.45) is 0 Å². The molecule has 0 bridgehead atoms. The molecule has 96 valence electrons. The average Bonchev–Trinajstić information content (AvgIpc) is 2.87. The number of aryl methyl sites for hydroxylation is 1. The highest BCUT2D eigenvalue weighted by Crippen LogP contribution is 2.17. The number of pyridine rings is 1. The van der Waals surface area contributed by atoms with Gasteiger partial charge in [-0.15, -0.1) is 11.3 Å². The quantitative estimate of drug-likeness (QED) is 0.869. The van der Waals surface area contributed by atoms with Gasteiger partial charge < -0.3 is 10.1 Å². The Morgan fingerprint density at radius 2 is 2.06 bits per heavy atom. The Balaban J connectivity index is 1.88. The summed E-state index contributed by atoms with van der Waals surface area (Å²) >= 11 is 1.87. The minimum atomic E-state index is 0.699. The van der Waals surface area contributed by atoms with Crippen LogP contribution in [0.15, 0.2) is 30.5 Å². The van der Waals surface area contributed by atoms with Crippen molar-refractivity contribution >= 4 is 11.3 Å². The molecule has 2 aromatic rings. The predicted octanol–water partition coefficient (Wildman–Crippen LogP) is 3.00. The molecule has 4 heteroatoms. The fourth-order valence-electron chi connectivity index (χ4n) is 1.77. The summed E-state index contributed by atoms with van der Waals surface area (Å²) in [6.07, 6.45) is 2.86. The van der Waals surface area contributed by atoms with E-state index in [-0.39, 0.29) is 0 Å². The third-order valence-corrected chi connectivity index (χ3v) is 3.95. The van der Waals surface area contributed by atoms with E-state index >= 15 is 0 Å². The second kappa shape index (κ2) is 6.52. The van der Waals surface area contributed by atoms with Crippen LogP contribution in [0, 0.1) is 0 Å². The summed E-state index contributed by atoms with van der Waals surface area (Å²) in [5.41, 5.74) is 1.09. The fraction of sp³-hybridized carbons (Fsp3) is 0.357. The first-order valence-corrected chi connectivity index (χ1v) is 6.91. The molecule has 0 aromatic carbocycles. The highest BCUT2D eigenvalue weighted by molar-refractivity contribution is 7.11. The van der Waals surface area contributed by atoms with Gasteiger partial charge in [0.05, 0.1) is 7.11 Å². The Morgan fingerprint density at radius 1 is 1.22 bits per heavy atom. The second-order valence-electron chi connectivity index (χ2n) is 4.00. The van der Waals surface area contributed by atoms with Gasteiger partial charge in [-0.25, -0.2) is 4.98 Å². The predicted molar refractivity (Wildman–Crippen MR) is 75.0 cm³/mol. The van der Waals surface area contributed by atoms with Crippen LogP contribution in [-0.4, -0.2) is 12.1 Å². The van der Waals surface area contributed by atoms with E-state index in [1.807, 2.05) is 23.5 Å². The van der Waals surface area contributed by atoms with Gasteiger partial charge in [-0.05, 0) is 24.6 Å². The molecule has 0 fully saturated rings. The molecule has 0 aliphatic carbocycles. The number of rotatable bonds is 6. The van der Waals surface area contributed by atoms with Crippen LogP contribution in [-0.2, 0) is 19.5 Å². The van der Waals surface area contributed by atoms with Crippen LogP contribution in [0.4, 0.5) is 0 Å². The molecule has 0 spiro atoms. The van der Waals surface area contributed by atoms with E-state index < -0.39 is 0 Å². The third kappa shape index (κ3) is 3.31. The molecule has 0 unspecified atom stereocenters. The van der Waals surface area contributed by atoms with Crippen molar-refractivity contribution in [1.82, 2.24) is 10.3 Å². The van der Waals surface area contributed by atoms with Gasteiger partial charge in [0.25, 0.3) is 0 Å². The first-order valence-electron chi connectivity index (χ1n) is 6.09. The number of thiophene rings is 1. The number of aromatic nitrogens is 1. The number of hydrogen-bond donors (Lipinski definition) is 1. The van der Waals surface area contributed by atoms with Crippen molar-refractivity contribution in [3.63, 3.8) is 0 Å². The summed E-state index contributed by atoms with van der Waals surface area (Å²) < 4.78 is 5.22. The summed E-state index contributed by atoms with van der Waals surface area (Å²) in [5.74, 6) is 0.699. The van der Waals surface area contributed by atoms with Gasteiger partial charge in [-0.1, -0.05) is 13.0 Å². The van der Waals surface area contributed by atoms with Crippen molar-refractivity contribution < 1.29 is 4.74 Å². The van der Waals surface area contributed by atoms with Crippen LogP contribution < -0.4 is 10.1 Å². The van der Waals surface area contributed by atoms with Gasteiger partial charge in [0, 0.05) is 34.6 Å². The SMILES string of the molecule is CCc1ccc(CNCc2cccnc2OC)s1. The lowest BCUT2D eigenvalue weighted by molar-refractivity contribution is 0.390. The van der Waals surface area contributed by atoms with Crippen LogP contribution in [0.5, 0.6) is 5.88 Å². The molecule has 0 saturated carbocycles. The molecule has 0 radical (unpaired) electrons. The van der Waals surface area contributed by atoms with E-state index in [4.69, 9.17) is 4.74 Å². The first-order chi connectivity index (χ1) is 8.83. The molecule has 0 aliphatic heterocycles. The number of methoxy groups -OCH3 is 1. The lowest BCUT2D eigenvalue weighted by atomic mass is 10.2. The van der Waals surface area contributed by atoms with Gasteiger partial charge in [0.1, 0.15) is 0 Å². The van der Waals surface area contributed by atoms with Crippen molar-refractivity contribution in [3.05, 3.63) is 45.8 Å². The molecule has 0 saturated heterocycles. The van der Waals surface area contributed by atoms with Crippen LogP contribution in [0.2, 0.25) is 0 Å². The molecule has 1 N–H and O–H groups in total. The topological polar surface area (TPSA) is 34.2 Å². The third-order valence-electron chi connectivity index (χ3n) is 2.72. The maximum Gasteiger partial charge on any atom is 0.217 e. The maximum absolute atomic E-state index is 5.22.